The highest BCUT2D eigenvalue weighted by Gasteiger charge is 2.20. The zero-order valence-electron chi connectivity index (χ0n) is 10.6. The molecule has 20 heavy (non-hydrogen) atoms. The fourth-order valence-corrected chi connectivity index (χ4v) is 1.68. The molecule has 0 aliphatic carbocycles. The van der Waals surface area contributed by atoms with Gasteiger partial charge in [-0.15, -0.1) is 0 Å². The smallest absolute Gasteiger partial charge is 0.205 e. The van der Waals surface area contributed by atoms with Crippen LogP contribution in [0.25, 0.3) is 0 Å². The second-order valence-corrected chi connectivity index (χ2v) is 4.20. The average molecular weight is 280 g/mol. The normalized spacial score (nSPS) is 12.0. The highest BCUT2D eigenvalue weighted by molar-refractivity contribution is 5.99. The van der Waals surface area contributed by atoms with Crippen molar-refractivity contribution in [2.75, 3.05) is 0 Å². The number of benzene rings is 2. The first-order chi connectivity index (χ1) is 9.47. The lowest BCUT2D eigenvalue weighted by Crippen LogP contribution is -2.24. The number of carbonyl (C=O) groups excluding carboxylic acids is 1. The quantitative estimate of drug-likeness (QED) is 0.797. The second kappa shape index (κ2) is 5.77. The second-order valence-electron chi connectivity index (χ2n) is 4.20. The van der Waals surface area contributed by atoms with E-state index in [0.717, 1.165) is 12.1 Å². The molecule has 0 radical (unpaired) electrons. The summed E-state index contributed by atoms with van der Waals surface area (Å²) in [5.41, 5.74) is -0.249. The first kappa shape index (κ1) is 14.1. The van der Waals surface area contributed by atoms with Crippen LogP contribution < -0.4 is 4.74 Å². The van der Waals surface area contributed by atoms with Crippen molar-refractivity contribution >= 4 is 5.78 Å². The predicted molar refractivity (Wildman–Crippen MR) is 67.2 cm³/mol. The minimum absolute atomic E-state index is 0.249. The van der Waals surface area contributed by atoms with Crippen LogP contribution in [0.2, 0.25) is 0 Å². The molecule has 0 amide bonds. The fourth-order valence-electron chi connectivity index (χ4n) is 1.68. The zero-order valence-corrected chi connectivity index (χ0v) is 10.6. The molecule has 2 aromatic carbocycles. The molecule has 0 bridgehead atoms. The molecule has 5 heteroatoms. The first-order valence-electron chi connectivity index (χ1n) is 5.89. The summed E-state index contributed by atoms with van der Waals surface area (Å²) in [5.74, 6) is -2.46. The molecule has 104 valence electrons. The summed E-state index contributed by atoms with van der Waals surface area (Å²) < 4.78 is 44.3. The number of Topliss-reactive ketones (excluding diaryl/α,β-unsaturated/α-hetero) is 1. The van der Waals surface area contributed by atoms with Crippen LogP contribution in [0, 0.1) is 17.5 Å². The largest absolute Gasteiger partial charge is 0.483 e. The molecule has 0 N–H and O–H groups in total. The Kier molecular flexibility index (Phi) is 4.08. The molecule has 0 spiro atoms. The van der Waals surface area contributed by atoms with Gasteiger partial charge in [0.05, 0.1) is 5.56 Å². The van der Waals surface area contributed by atoms with Crippen LogP contribution in [0.1, 0.15) is 17.3 Å². The van der Waals surface area contributed by atoms with E-state index in [1.807, 2.05) is 0 Å². The maximum Gasteiger partial charge on any atom is 0.205 e. The number of rotatable bonds is 4. The van der Waals surface area contributed by atoms with Crippen LogP contribution in [0.3, 0.4) is 0 Å². The summed E-state index contributed by atoms with van der Waals surface area (Å²) in [5, 5.41) is 0. The molecule has 0 heterocycles. The summed E-state index contributed by atoms with van der Waals surface area (Å²) >= 11 is 0. The van der Waals surface area contributed by atoms with Crippen molar-refractivity contribution in [3.63, 3.8) is 0 Å². The Bertz CT molecular complexity index is 624. The number of carbonyl (C=O) groups is 1. The summed E-state index contributed by atoms with van der Waals surface area (Å²) in [7, 11) is 0. The molecule has 0 saturated carbocycles. The molecule has 1 atom stereocenters. The Morgan fingerprint density at radius 2 is 1.60 bits per heavy atom. The van der Waals surface area contributed by atoms with E-state index in [4.69, 9.17) is 4.74 Å². The molecule has 2 nitrogen and oxygen atoms in total. The van der Waals surface area contributed by atoms with Crippen molar-refractivity contribution < 1.29 is 22.7 Å². The Morgan fingerprint density at radius 3 is 2.20 bits per heavy atom. The Labute approximate surface area is 113 Å². The summed E-state index contributed by atoms with van der Waals surface area (Å²) in [6.45, 7) is 1.44. The Hall–Kier alpha value is -2.30. The van der Waals surface area contributed by atoms with E-state index in [1.165, 1.54) is 31.2 Å². The van der Waals surface area contributed by atoms with Crippen molar-refractivity contribution in [3.05, 3.63) is 65.5 Å². The van der Waals surface area contributed by atoms with Crippen LogP contribution in [-0.4, -0.2) is 11.9 Å². The number of halogens is 3. The summed E-state index contributed by atoms with van der Waals surface area (Å²) in [4.78, 5) is 12.0. The first-order valence-corrected chi connectivity index (χ1v) is 5.89. The third-order valence-corrected chi connectivity index (χ3v) is 2.69. The third kappa shape index (κ3) is 3.17. The predicted octanol–water partition coefficient (Wildman–Crippen LogP) is 3.75. The Balaban J connectivity index is 2.14. The minimum Gasteiger partial charge on any atom is -0.483 e. The molecule has 0 saturated heterocycles. The lowest BCUT2D eigenvalue weighted by Gasteiger charge is -2.14. The van der Waals surface area contributed by atoms with Gasteiger partial charge in [-0.25, -0.2) is 13.2 Å². The maximum absolute atomic E-state index is 13.5. The molecule has 2 aromatic rings. The molecular formula is C15H11F3O2. The van der Waals surface area contributed by atoms with Crippen LogP contribution >= 0.6 is 0 Å². The number of ketones is 1. The summed E-state index contributed by atoms with van der Waals surface area (Å²) in [6, 6.07) is 7.80. The van der Waals surface area contributed by atoms with Gasteiger partial charge in [0.1, 0.15) is 23.2 Å². The van der Waals surface area contributed by atoms with Gasteiger partial charge < -0.3 is 4.74 Å². The molecule has 0 aromatic heterocycles. The highest BCUT2D eigenvalue weighted by atomic mass is 19.1. The van der Waals surface area contributed by atoms with Crippen molar-refractivity contribution in [2.45, 2.75) is 13.0 Å². The van der Waals surface area contributed by atoms with Crippen LogP contribution in [0.4, 0.5) is 13.2 Å². The Morgan fingerprint density at radius 1 is 1.00 bits per heavy atom. The number of ether oxygens (including phenoxy) is 1. The molecule has 0 fully saturated rings. The van der Waals surface area contributed by atoms with Crippen molar-refractivity contribution in [3.8, 4) is 5.75 Å². The van der Waals surface area contributed by atoms with Crippen molar-refractivity contribution in [1.82, 2.24) is 0 Å². The minimum atomic E-state index is -0.972. The highest BCUT2D eigenvalue weighted by Crippen LogP contribution is 2.17. The maximum atomic E-state index is 13.5. The SMILES string of the molecule is CC(Oc1ccc(F)cc1)C(=O)c1ccc(F)cc1F. The van der Waals surface area contributed by atoms with E-state index in [9.17, 15) is 18.0 Å². The number of hydrogen-bond donors (Lipinski definition) is 0. The van der Waals surface area contributed by atoms with E-state index in [2.05, 4.69) is 0 Å². The zero-order chi connectivity index (χ0) is 14.7. The average Bonchev–Trinajstić information content (AvgIpc) is 2.40. The van der Waals surface area contributed by atoms with Gasteiger partial charge in [0.25, 0.3) is 0 Å². The fraction of sp³-hybridized carbons (Fsp3) is 0.133. The van der Waals surface area contributed by atoms with Crippen LogP contribution in [0.5, 0.6) is 5.75 Å². The van der Waals surface area contributed by atoms with Gasteiger partial charge in [-0.3, -0.25) is 4.79 Å². The monoisotopic (exact) mass is 280 g/mol. The molecule has 2 rings (SSSR count). The van der Waals surface area contributed by atoms with Gasteiger partial charge >= 0.3 is 0 Å². The van der Waals surface area contributed by atoms with E-state index < -0.39 is 29.3 Å². The molecular weight excluding hydrogens is 269 g/mol. The van der Waals surface area contributed by atoms with Gasteiger partial charge in [0.2, 0.25) is 5.78 Å². The molecule has 0 aliphatic rings. The topological polar surface area (TPSA) is 26.3 Å². The van der Waals surface area contributed by atoms with Crippen molar-refractivity contribution in [1.29, 1.82) is 0 Å². The van der Waals surface area contributed by atoms with Crippen molar-refractivity contribution in [2.24, 2.45) is 0 Å². The van der Waals surface area contributed by atoms with Crippen LogP contribution in [0.15, 0.2) is 42.5 Å². The van der Waals surface area contributed by atoms with Gasteiger partial charge in [-0.2, -0.15) is 0 Å². The lowest BCUT2D eigenvalue weighted by molar-refractivity contribution is 0.0813. The lowest BCUT2D eigenvalue weighted by atomic mass is 10.1. The van der Waals surface area contributed by atoms with E-state index in [1.54, 1.807) is 0 Å². The van der Waals surface area contributed by atoms with Gasteiger partial charge in [0.15, 0.2) is 6.10 Å². The molecule has 0 aliphatic heterocycles. The van der Waals surface area contributed by atoms with E-state index in [-0.39, 0.29) is 11.3 Å². The third-order valence-electron chi connectivity index (χ3n) is 2.69. The van der Waals surface area contributed by atoms with Crippen LogP contribution in [-0.2, 0) is 0 Å². The van der Waals surface area contributed by atoms with Gasteiger partial charge in [-0.05, 0) is 43.3 Å². The molecule has 1 unspecified atom stereocenters. The van der Waals surface area contributed by atoms with Gasteiger partial charge in [-0.1, -0.05) is 0 Å². The number of hydrogen-bond acceptors (Lipinski definition) is 2. The van der Waals surface area contributed by atoms with E-state index >= 15 is 0 Å². The summed E-state index contributed by atoms with van der Waals surface area (Å²) in [6.07, 6.45) is -0.972. The van der Waals surface area contributed by atoms with E-state index in [0.29, 0.717) is 6.07 Å². The standard InChI is InChI=1S/C15H11F3O2/c1-9(20-12-5-2-10(16)3-6-12)15(19)13-7-4-11(17)8-14(13)18/h2-9H,1H3. The van der Waals surface area contributed by atoms with Gasteiger partial charge in [0, 0.05) is 6.07 Å².